The highest BCUT2D eigenvalue weighted by atomic mass is 32.1. The van der Waals surface area contributed by atoms with E-state index < -0.39 is 5.60 Å². The van der Waals surface area contributed by atoms with Gasteiger partial charge in [0.2, 0.25) is 0 Å². The standard InChI is InChI=1S/C16H27N3O2S/c1-12(2)16(3,21)11-18-15(20)17-6-8-19-7-4-14-13(10-19)5-9-22-14/h5,9,12,21H,4,6-8,10-11H2,1-3H3,(H2,17,18,20). The van der Waals surface area contributed by atoms with Gasteiger partial charge in [-0.15, -0.1) is 11.3 Å². The molecule has 1 atom stereocenters. The summed E-state index contributed by atoms with van der Waals surface area (Å²) in [5.41, 5.74) is 0.549. The zero-order chi connectivity index (χ0) is 16.2. The van der Waals surface area contributed by atoms with E-state index in [0.29, 0.717) is 6.54 Å². The van der Waals surface area contributed by atoms with E-state index in [1.54, 1.807) is 6.92 Å². The first-order valence-electron chi connectivity index (χ1n) is 7.90. The van der Waals surface area contributed by atoms with Gasteiger partial charge in [-0.2, -0.15) is 0 Å². The Morgan fingerprint density at radius 2 is 2.27 bits per heavy atom. The van der Waals surface area contributed by atoms with Crippen LogP contribution in [0.4, 0.5) is 4.79 Å². The lowest BCUT2D eigenvalue weighted by molar-refractivity contribution is 0.0166. The smallest absolute Gasteiger partial charge is 0.314 e. The molecule has 1 aromatic rings. The summed E-state index contributed by atoms with van der Waals surface area (Å²) in [5.74, 6) is 0.0981. The van der Waals surface area contributed by atoms with Crippen molar-refractivity contribution in [1.29, 1.82) is 0 Å². The predicted molar refractivity (Wildman–Crippen MR) is 90.2 cm³/mol. The number of carbonyl (C=O) groups excluding carboxylic acids is 1. The summed E-state index contributed by atoms with van der Waals surface area (Å²) in [4.78, 5) is 15.6. The number of urea groups is 1. The zero-order valence-electron chi connectivity index (χ0n) is 13.7. The fourth-order valence-electron chi connectivity index (χ4n) is 2.35. The molecule has 0 radical (unpaired) electrons. The number of fused-ring (bicyclic) bond motifs is 1. The minimum absolute atomic E-state index is 0.0981. The van der Waals surface area contributed by atoms with Gasteiger partial charge in [0.25, 0.3) is 0 Å². The molecule has 1 unspecified atom stereocenters. The number of hydrogen-bond donors (Lipinski definition) is 3. The molecule has 5 nitrogen and oxygen atoms in total. The molecule has 0 fully saturated rings. The van der Waals surface area contributed by atoms with Crippen molar-refractivity contribution in [2.75, 3.05) is 26.2 Å². The Kier molecular flexibility index (Phi) is 5.83. The van der Waals surface area contributed by atoms with E-state index in [4.69, 9.17) is 0 Å². The maximum atomic E-state index is 11.8. The minimum Gasteiger partial charge on any atom is -0.388 e. The lowest BCUT2D eigenvalue weighted by Gasteiger charge is -2.28. The van der Waals surface area contributed by atoms with Gasteiger partial charge in [0.05, 0.1) is 5.60 Å². The third-order valence-corrected chi connectivity index (χ3v) is 5.47. The number of rotatable bonds is 6. The predicted octanol–water partition coefficient (Wildman–Crippen LogP) is 1.81. The molecule has 1 aromatic heterocycles. The molecule has 1 aliphatic rings. The molecule has 0 aromatic carbocycles. The maximum absolute atomic E-state index is 11.8. The van der Waals surface area contributed by atoms with Gasteiger partial charge >= 0.3 is 6.03 Å². The van der Waals surface area contributed by atoms with Crippen molar-refractivity contribution >= 4 is 17.4 Å². The number of carbonyl (C=O) groups is 1. The molecule has 2 amide bonds. The van der Waals surface area contributed by atoms with E-state index in [-0.39, 0.29) is 18.5 Å². The molecule has 0 spiro atoms. The first-order valence-corrected chi connectivity index (χ1v) is 8.78. The molecule has 2 heterocycles. The third-order valence-electron chi connectivity index (χ3n) is 4.45. The van der Waals surface area contributed by atoms with E-state index in [2.05, 4.69) is 27.0 Å². The summed E-state index contributed by atoms with van der Waals surface area (Å²) in [6.45, 7) is 9.38. The Labute approximate surface area is 136 Å². The number of nitrogens with zero attached hydrogens (tertiary/aromatic N) is 1. The van der Waals surface area contributed by atoms with Crippen LogP contribution >= 0.6 is 11.3 Å². The fourth-order valence-corrected chi connectivity index (χ4v) is 3.24. The summed E-state index contributed by atoms with van der Waals surface area (Å²) in [6, 6.07) is 1.98. The van der Waals surface area contributed by atoms with Crippen LogP contribution in [0.1, 0.15) is 31.2 Å². The van der Waals surface area contributed by atoms with Crippen molar-refractivity contribution in [3.63, 3.8) is 0 Å². The third kappa shape index (κ3) is 4.69. The molecule has 0 aliphatic carbocycles. The summed E-state index contributed by atoms with van der Waals surface area (Å²) < 4.78 is 0. The summed E-state index contributed by atoms with van der Waals surface area (Å²) in [7, 11) is 0. The van der Waals surface area contributed by atoms with Crippen molar-refractivity contribution in [1.82, 2.24) is 15.5 Å². The average molecular weight is 325 g/mol. The van der Waals surface area contributed by atoms with Gasteiger partial charge in [0.1, 0.15) is 0 Å². The molecule has 22 heavy (non-hydrogen) atoms. The lowest BCUT2D eigenvalue weighted by Crippen LogP contribution is -2.48. The van der Waals surface area contributed by atoms with Gasteiger partial charge in [0.15, 0.2) is 0 Å². The molecule has 0 saturated heterocycles. The molecule has 3 N–H and O–H groups in total. The van der Waals surface area contributed by atoms with Crippen LogP contribution < -0.4 is 10.6 Å². The van der Waals surface area contributed by atoms with Crippen LogP contribution in [0, 0.1) is 5.92 Å². The number of hydrogen-bond acceptors (Lipinski definition) is 4. The van der Waals surface area contributed by atoms with Crippen molar-refractivity contribution in [2.24, 2.45) is 5.92 Å². The van der Waals surface area contributed by atoms with E-state index in [0.717, 1.165) is 26.1 Å². The van der Waals surface area contributed by atoms with Crippen molar-refractivity contribution in [2.45, 2.75) is 39.3 Å². The van der Waals surface area contributed by atoms with Gasteiger partial charge in [-0.25, -0.2) is 4.79 Å². The first kappa shape index (κ1) is 17.2. The number of amides is 2. The van der Waals surface area contributed by atoms with Crippen LogP contribution in [0.3, 0.4) is 0 Å². The summed E-state index contributed by atoms with van der Waals surface area (Å²) >= 11 is 1.84. The molecule has 1 aliphatic heterocycles. The summed E-state index contributed by atoms with van der Waals surface area (Å²) in [5, 5.41) is 17.8. The maximum Gasteiger partial charge on any atom is 0.314 e. The van der Waals surface area contributed by atoms with E-state index in [1.165, 1.54) is 10.4 Å². The molecule has 124 valence electrons. The van der Waals surface area contributed by atoms with Crippen LogP contribution in [0.2, 0.25) is 0 Å². The van der Waals surface area contributed by atoms with Crippen molar-refractivity contribution < 1.29 is 9.90 Å². The van der Waals surface area contributed by atoms with Gasteiger partial charge in [-0.3, -0.25) is 4.90 Å². The molecule has 0 bridgehead atoms. The molecule has 2 rings (SSSR count). The van der Waals surface area contributed by atoms with Crippen LogP contribution in [0.15, 0.2) is 11.4 Å². The zero-order valence-corrected chi connectivity index (χ0v) is 14.5. The molecule has 0 saturated carbocycles. The van der Waals surface area contributed by atoms with Gasteiger partial charge in [-0.1, -0.05) is 13.8 Å². The Bertz CT molecular complexity index is 499. The lowest BCUT2D eigenvalue weighted by atomic mass is 9.93. The van der Waals surface area contributed by atoms with Gasteiger partial charge < -0.3 is 15.7 Å². The topological polar surface area (TPSA) is 64.6 Å². The largest absolute Gasteiger partial charge is 0.388 e. The van der Waals surface area contributed by atoms with E-state index in [9.17, 15) is 9.90 Å². The monoisotopic (exact) mass is 325 g/mol. The fraction of sp³-hybridized carbons (Fsp3) is 0.688. The number of aliphatic hydroxyl groups is 1. The van der Waals surface area contributed by atoms with Gasteiger partial charge in [0, 0.05) is 37.6 Å². The Balaban J connectivity index is 1.64. The Morgan fingerprint density at radius 3 is 3.00 bits per heavy atom. The Morgan fingerprint density at radius 1 is 1.50 bits per heavy atom. The van der Waals surface area contributed by atoms with Crippen LogP contribution in [-0.4, -0.2) is 47.8 Å². The second-order valence-electron chi connectivity index (χ2n) is 6.52. The van der Waals surface area contributed by atoms with E-state index in [1.807, 2.05) is 25.2 Å². The van der Waals surface area contributed by atoms with Crippen LogP contribution in [0.5, 0.6) is 0 Å². The molecular weight excluding hydrogens is 298 g/mol. The highest BCUT2D eigenvalue weighted by Crippen LogP contribution is 2.23. The number of thiophene rings is 1. The first-order chi connectivity index (χ1) is 10.4. The quantitative estimate of drug-likeness (QED) is 0.747. The Hall–Kier alpha value is -1.11. The average Bonchev–Trinajstić information content (AvgIpc) is 2.92. The molecular formula is C16H27N3O2S. The minimum atomic E-state index is -0.875. The normalized spacial score (nSPS) is 17.9. The number of nitrogens with one attached hydrogen (secondary N) is 2. The highest BCUT2D eigenvalue weighted by Gasteiger charge is 2.25. The molecule has 6 heteroatoms. The SMILES string of the molecule is CC(C)C(C)(O)CNC(=O)NCCN1CCc2sccc2C1. The van der Waals surface area contributed by atoms with Crippen molar-refractivity contribution in [3.8, 4) is 0 Å². The highest BCUT2D eigenvalue weighted by molar-refractivity contribution is 7.10. The second kappa shape index (κ2) is 7.44. The van der Waals surface area contributed by atoms with E-state index >= 15 is 0 Å². The van der Waals surface area contributed by atoms with Gasteiger partial charge in [-0.05, 0) is 36.3 Å². The second-order valence-corrected chi connectivity index (χ2v) is 7.52. The van der Waals surface area contributed by atoms with Crippen LogP contribution in [-0.2, 0) is 13.0 Å². The van der Waals surface area contributed by atoms with Crippen LogP contribution in [0.25, 0.3) is 0 Å². The van der Waals surface area contributed by atoms with Crippen molar-refractivity contribution in [3.05, 3.63) is 21.9 Å². The summed E-state index contributed by atoms with van der Waals surface area (Å²) in [6.07, 6.45) is 1.11.